The summed E-state index contributed by atoms with van der Waals surface area (Å²) in [5.41, 5.74) is -0.336. The van der Waals surface area contributed by atoms with Crippen LogP contribution in [0.15, 0.2) is 66.7 Å². The molecular formula is C24H19ClFN3O5. The lowest BCUT2D eigenvalue weighted by Gasteiger charge is -2.35. The highest BCUT2D eigenvalue weighted by Crippen LogP contribution is 2.30. The minimum Gasteiger partial charge on any atom is -0.457 e. The van der Waals surface area contributed by atoms with Gasteiger partial charge in [0.15, 0.2) is 0 Å². The van der Waals surface area contributed by atoms with Crippen LogP contribution < -0.4 is 4.74 Å². The van der Waals surface area contributed by atoms with Crippen molar-refractivity contribution in [3.63, 3.8) is 0 Å². The number of nitrogens with zero attached hydrogens (tertiary/aromatic N) is 3. The molecule has 0 bridgehead atoms. The molecule has 3 aromatic carbocycles. The Kier molecular flexibility index (Phi) is 6.74. The highest BCUT2D eigenvalue weighted by atomic mass is 35.5. The van der Waals surface area contributed by atoms with Crippen molar-refractivity contribution in [2.75, 3.05) is 26.2 Å². The number of piperazine rings is 1. The van der Waals surface area contributed by atoms with E-state index in [-0.39, 0.29) is 53.8 Å². The van der Waals surface area contributed by atoms with Gasteiger partial charge in [-0.15, -0.1) is 0 Å². The summed E-state index contributed by atoms with van der Waals surface area (Å²) < 4.78 is 19.9. The lowest BCUT2D eigenvalue weighted by atomic mass is 10.1. The van der Waals surface area contributed by atoms with Crippen LogP contribution in [0, 0.1) is 15.9 Å². The second-order valence-electron chi connectivity index (χ2n) is 7.56. The van der Waals surface area contributed by atoms with Crippen LogP contribution in [-0.4, -0.2) is 52.7 Å². The summed E-state index contributed by atoms with van der Waals surface area (Å²) in [6, 6.07) is 16.3. The first-order valence-corrected chi connectivity index (χ1v) is 10.8. The molecule has 8 nitrogen and oxygen atoms in total. The van der Waals surface area contributed by atoms with Crippen LogP contribution in [0.3, 0.4) is 0 Å². The molecule has 0 spiro atoms. The van der Waals surface area contributed by atoms with Crippen LogP contribution >= 0.6 is 11.6 Å². The lowest BCUT2D eigenvalue weighted by molar-refractivity contribution is -0.384. The predicted molar refractivity (Wildman–Crippen MR) is 123 cm³/mol. The molecule has 0 N–H and O–H groups in total. The summed E-state index contributed by atoms with van der Waals surface area (Å²) in [5.74, 6) is -0.996. The topological polar surface area (TPSA) is 93.0 Å². The van der Waals surface area contributed by atoms with Gasteiger partial charge in [0.2, 0.25) is 0 Å². The number of nitro benzene ring substituents is 1. The van der Waals surface area contributed by atoms with Crippen molar-refractivity contribution in [3.05, 3.63) is 98.8 Å². The Morgan fingerprint density at radius 1 is 0.882 bits per heavy atom. The summed E-state index contributed by atoms with van der Waals surface area (Å²) >= 11 is 5.89. The maximum absolute atomic E-state index is 14.1. The third-order valence-corrected chi connectivity index (χ3v) is 5.62. The van der Waals surface area contributed by atoms with Crippen LogP contribution in [0.2, 0.25) is 5.02 Å². The van der Waals surface area contributed by atoms with Gasteiger partial charge >= 0.3 is 0 Å². The van der Waals surface area contributed by atoms with Gasteiger partial charge in [-0.3, -0.25) is 19.7 Å². The summed E-state index contributed by atoms with van der Waals surface area (Å²) in [6.07, 6.45) is 0. The zero-order valence-corrected chi connectivity index (χ0v) is 18.6. The van der Waals surface area contributed by atoms with Gasteiger partial charge in [-0.2, -0.15) is 0 Å². The third-order valence-electron chi connectivity index (χ3n) is 5.39. The SMILES string of the molecule is O=C(c1cc(Cl)ccc1F)N1CCN(C(=O)c2cc([N+](=O)[O-])ccc2Oc2ccccc2)CC1. The number of hydrogen-bond donors (Lipinski definition) is 0. The summed E-state index contributed by atoms with van der Waals surface area (Å²) in [5, 5.41) is 11.5. The molecule has 0 atom stereocenters. The molecule has 0 aromatic heterocycles. The van der Waals surface area contributed by atoms with Crippen molar-refractivity contribution in [2.24, 2.45) is 0 Å². The van der Waals surface area contributed by atoms with Crippen LogP contribution in [0.25, 0.3) is 0 Å². The third kappa shape index (κ3) is 4.99. The van der Waals surface area contributed by atoms with E-state index in [2.05, 4.69) is 0 Å². The van der Waals surface area contributed by atoms with Gasteiger partial charge in [-0.25, -0.2) is 4.39 Å². The molecule has 174 valence electrons. The fraction of sp³-hybridized carbons (Fsp3) is 0.167. The number of hydrogen-bond acceptors (Lipinski definition) is 5. The highest BCUT2D eigenvalue weighted by molar-refractivity contribution is 6.31. The standard InChI is InChI=1S/C24H19ClFN3O5/c25-16-6-8-21(26)19(14-16)23(30)27-10-12-28(13-11-27)24(31)20-15-17(29(32)33)7-9-22(20)34-18-4-2-1-3-5-18/h1-9,14-15H,10-13H2. The Balaban J connectivity index is 1.52. The van der Waals surface area contributed by atoms with Gasteiger partial charge in [0, 0.05) is 43.3 Å². The zero-order valence-electron chi connectivity index (χ0n) is 17.8. The monoisotopic (exact) mass is 483 g/mol. The minimum absolute atomic E-state index is 0.0405. The number of nitro groups is 1. The molecule has 0 unspecified atom stereocenters. The number of benzene rings is 3. The number of para-hydroxylation sites is 1. The van der Waals surface area contributed by atoms with E-state index in [1.807, 2.05) is 6.07 Å². The summed E-state index contributed by atoms with van der Waals surface area (Å²) in [4.78, 5) is 39.6. The largest absolute Gasteiger partial charge is 0.457 e. The average Bonchev–Trinajstić information content (AvgIpc) is 2.85. The molecule has 34 heavy (non-hydrogen) atoms. The van der Waals surface area contributed by atoms with Crippen LogP contribution in [-0.2, 0) is 0 Å². The van der Waals surface area contributed by atoms with E-state index in [9.17, 15) is 24.1 Å². The highest BCUT2D eigenvalue weighted by Gasteiger charge is 2.29. The zero-order chi connectivity index (χ0) is 24.2. The first-order valence-electron chi connectivity index (χ1n) is 10.4. The molecule has 1 aliphatic rings. The molecule has 1 heterocycles. The van der Waals surface area contributed by atoms with Crippen molar-refractivity contribution in [2.45, 2.75) is 0 Å². The normalized spacial score (nSPS) is 13.5. The molecule has 10 heteroatoms. The van der Waals surface area contributed by atoms with E-state index in [0.29, 0.717) is 5.75 Å². The number of ether oxygens (including phenoxy) is 1. The molecular weight excluding hydrogens is 465 g/mol. The number of non-ortho nitro benzene ring substituents is 1. The van der Waals surface area contributed by atoms with E-state index in [1.54, 1.807) is 24.3 Å². The Hall–Kier alpha value is -3.98. The van der Waals surface area contributed by atoms with E-state index in [4.69, 9.17) is 16.3 Å². The van der Waals surface area contributed by atoms with Gasteiger partial charge in [-0.1, -0.05) is 29.8 Å². The van der Waals surface area contributed by atoms with Crippen molar-refractivity contribution < 1.29 is 23.6 Å². The van der Waals surface area contributed by atoms with E-state index >= 15 is 0 Å². The summed E-state index contributed by atoms with van der Waals surface area (Å²) in [6.45, 7) is 0.668. The minimum atomic E-state index is -0.674. The smallest absolute Gasteiger partial charge is 0.270 e. The summed E-state index contributed by atoms with van der Waals surface area (Å²) in [7, 11) is 0. The van der Waals surface area contributed by atoms with Crippen molar-refractivity contribution in [1.82, 2.24) is 9.80 Å². The molecule has 0 saturated carbocycles. The molecule has 0 aliphatic carbocycles. The molecule has 4 rings (SSSR count). The predicted octanol–water partition coefficient (Wildman–Crippen LogP) is 4.78. The fourth-order valence-electron chi connectivity index (χ4n) is 3.62. The van der Waals surface area contributed by atoms with Crippen LogP contribution in [0.4, 0.5) is 10.1 Å². The first kappa shape index (κ1) is 23.2. The van der Waals surface area contributed by atoms with Gasteiger partial charge < -0.3 is 14.5 Å². The van der Waals surface area contributed by atoms with Gasteiger partial charge in [0.25, 0.3) is 17.5 Å². The van der Waals surface area contributed by atoms with E-state index < -0.39 is 22.6 Å². The number of halogens is 2. The van der Waals surface area contributed by atoms with Crippen LogP contribution in [0.5, 0.6) is 11.5 Å². The van der Waals surface area contributed by atoms with E-state index in [0.717, 1.165) is 6.07 Å². The van der Waals surface area contributed by atoms with Crippen LogP contribution in [0.1, 0.15) is 20.7 Å². The molecule has 3 aromatic rings. The molecule has 1 aliphatic heterocycles. The number of amides is 2. The van der Waals surface area contributed by atoms with Crippen molar-refractivity contribution in [3.8, 4) is 11.5 Å². The van der Waals surface area contributed by atoms with E-state index in [1.165, 1.54) is 40.1 Å². The number of carbonyl (C=O) groups is 2. The average molecular weight is 484 g/mol. The molecule has 2 amide bonds. The van der Waals surface area contributed by atoms with Crippen molar-refractivity contribution in [1.29, 1.82) is 0 Å². The Labute approximate surface area is 199 Å². The Morgan fingerprint density at radius 3 is 2.12 bits per heavy atom. The fourth-order valence-corrected chi connectivity index (χ4v) is 3.79. The van der Waals surface area contributed by atoms with Gasteiger partial charge in [0.1, 0.15) is 17.3 Å². The Morgan fingerprint density at radius 2 is 1.50 bits per heavy atom. The maximum atomic E-state index is 14.1. The molecule has 1 fully saturated rings. The van der Waals surface area contributed by atoms with Crippen molar-refractivity contribution >= 4 is 29.1 Å². The molecule has 1 saturated heterocycles. The first-order chi connectivity index (χ1) is 16.3. The second kappa shape index (κ2) is 9.88. The molecule has 0 radical (unpaired) electrons. The maximum Gasteiger partial charge on any atom is 0.270 e. The lowest BCUT2D eigenvalue weighted by Crippen LogP contribution is -2.50. The van der Waals surface area contributed by atoms with Gasteiger partial charge in [0.05, 0.1) is 16.1 Å². The second-order valence-corrected chi connectivity index (χ2v) is 8.00. The number of carbonyl (C=O) groups excluding carboxylic acids is 2. The van der Waals surface area contributed by atoms with Gasteiger partial charge in [-0.05, 0) is 36.4 Å². The quantitative estimate of drug-likeness (QED) is 0.384. The Bertz CT molecular complexity index is 1250. The number of rotatable bonds is 5.